The maximum absolute atomic E-state index is 12.5. The molecule has 0 atom stereocenters. The monoisotopic (exact) mass is 334 g/mol. The highest BCUT2D eigenvalue weighted by Gasteiger charge is 2.24. The highest BCUT2D eigenvalue weighted by molar-refractivity contribution is 7.18. The number of fused-ring (bicyclic) bond motifs is 1. The van der Waals surface area contributed by atoms with Gasteiger partial charge in [0.1, 0.15) is 16.5 Å². The normalized spacial score (nSPS) is 11.7. The van der Waals surface area contributed by atoms with Crippen LogP contribution in [0.15, 0.2) is 6.07 Å². The van der Waals surface area contributed by atoms with Gasteiger partial charge < -0.3 is 10.2 Å². The van der Waals surface area contributed by atoms with Crippen molar-refractivity contribution in [3.05, 3.63) is 16.8 Å². The van der Waals surface area contributed by atoms with Crippen LogP contribution in [0.4, 0.5) is 5.82 Å². The fourth-order valence-electron chi connectivity index (χ4n) is 2.67. The molecule has 0 aliphatic carbocycles. The lowest BCUT2D eigenvalue weighted by molar-refractivity contribution is -0.133. The molecule has 1 amide bonds. The summed E-state index contributed by atoms with van der Waals surface area (Å²) in [5.74, 6) is 1.55. The quantitative estimate of drug-likeness (QED) is 0.907. The number of anilines is 1. The highest BCUT2D eigenvalue weighted by Crippen LogP contribution is 2.29. The van der Waals surface area contributed by atoms with Crippen LogP contribution in [0.3, 0.4) is 0 Å². The van der Waals surface area contributed by atoms with E-state index in [0.717, 1.165) is 28.3 Å². The van der Waals surface area contributed by atoms with E-state index in [2.05, 4.69) is 28.3 Å². The number of thiophene rings is 1. The Kier molecular flexibility index (Phi) is 5.24. The Balaban J connectivity index is 2.22. The Morgan fingerprint density at radius 2 is 2.00 bits per heavy atom. The number of hydrogen-bond acceptors (Lipinski definition) is 5. The number of carbonyl (C=O) groups excluding carboxylic acids is 1. The van der Waals surface area contributed by atoms with Crippen LogP contribution in [0.25, 0.3) is 10.2 Å². The molecule has 0 radical (unpaired) electrons. The van der Waals surface area contributed by atoms with Crippen molar-refractivity contribution in [1.29, 1.82) is 0 Å². The van der Waals surface area contributed by atoms with Gasteiger partial charge in [0.15, 0.2) is 0 Å². The largest absolute Gasteiger partial charge is 0.360 e. The fraction of sp³-hybridized carbons (Fsp3) is 0.588. The third-order valence-electron chi connectivity index (χ3n) is 3.74. The van der Waals surface area contributed by atoms with Gasteiger partial charge >= 0.3 is 0 Å². The number of nitrogens with one attached hydrogen (secondary N) is 1. The number of hydrogen-bond donors (Lipinski definition) is 1. The Morgan fingerprint density at radius 1 is 1.30 bits per heavy atom. The summed E-state index contributed by atoms with van der Waals surface area (Å²) < 4.78 is 0. The van der Waals surface area contributed by atoms with Crippen molar-refractivity contribution in [2.24, 2.45) is 0 Å². The summed E-state index contributed by atoms with van der Waals surface area (Å²) in [4.78, 5) is 25.6. The Morgan fingerprint density at radius 3 is 2.57 bits per heavy atom. The van der Waals surface area contributed by atoms with Gasteiger partial charge in [-0.2, -0.15) is 0 Å². The van der Waals surface area contributed by atoms with Gasteiger partial charge in [-0.3, -0.25) is 4.79 Å². The molecule has 0 unspecified atom stereocenters. The van der Waals surface area contributed by atoms with E-state index in [4.69, 9.17) is 0 Å². The molecule has 0 spiro atoms. The molecule has 2 aromatic rings. The molecule has 126 valence electrons. The number of carbonyl (C=O) groups is 1. The number of rotatable bonds is 5. The van der Waals surface area contributed by atoms with Crippen molar-refractivity contribution in [3.8, 4) is 0 Å². The predicted molar refractivity (Wildman–Crippen MR) is 97.2 cm³/mol. The van der Waals surface area contributed by atoms with Crippen molar-refractivity contribution >= 4 is 33.3 Å². The van der Waals surface area contributed by atoms with Crippen LogP contribution < -0.4 is 5.32 Å². The van der Waals surface area contributed by atoms with E-state index < -0.39 is 0 Å². The summed E-state index contributed by atoms with van der Waals surface area (Å²) in [5, 5.41) is 4.22. The Hall–Kier alpha value is -1.69. The van der Waals surface area contributed by atoms with E-state index >= 15 is 0 Å². The molecule has 0 saturated heterocycles. The molecule has 2 heterocycles. The standard InChI is InChI=1S/C17H26N4OS/c1-7-12-9-13-15(19-11(3)20-16(13)23-12)18-10-14(22)21(8-2)17(4,5)6/h9H,7-8,10H2,1-6H3,(H,18,19,20). The van der Waals surface area contributed by atoms with Gasteiger partial charge in [-0.1, -0.05) is 6.92 Å². The lowest BCUT2D eigenvalue weighted by Crippen LogP contribution is -2.47. The first-order valence-corrected chi connectivity index (χ1v) is 8.89. The summed E-state index contributed by atoms with van der Waals surface area (Å²) in [6.07, 6.45) is 0.978. The molecule has 0 fully saturated rings. The predicted octanol–water partition coefficient (Wildman–Crippen LogP) is 3.62. The average molecular weight is 334 g/mol. The zero-order valence-electron chi connectivity index (χ0n) is 14.9. The topological polar surface area (TPSA) is 58.1 Å². The molecule has 6 heteroatoms. The van der Waals surface area contributed by atoms with E-state index in [0.29, 0.717) is 6.54 Å². The highest BCUT2D eigenvalue weighted by atomic mass is 32.1. The molecule has 0 aliphatic heterocycles. The summed E-state index contributed by atoms with van der Waals surface area (Å²) in [6, 6.07) is 2.12. The summed E-state index contributed by atoms with van der Waals surface area (Å²) in [5.41, 5.74) is -0.178. The van der Waals surface area contributed by atoms with Crippen LogP contribution in [-0.4, -0.2) is 39.4 Å². The van der Waals surface area contributed by atoms with E-state index in [1.54, 1.807) is 11.3 Å². The molecule has 0 aromatic carbocycles. The fourth-order valence-corrected chi connectivity index (χ4v) is 3.68. The van der Waals surface area contributed by atoms with Gasteiger partial charge in [0.25, 0.3) is 0 Å². The number of amides is 1. The summed E-state index contributed by atoms with van der Waals surface area (Å²) >= 11 is 1.69. The molecule has 0 saturated carbocycles. The molecule has 2 rings (SSSR count). The van der Waals surface area contributed by atoms with Crippen molar-refractivity contribution in [1.82, 2.24) is 14.9 Å². The second kappa shape index (κ2) is 6.83. The third-order valence-corrected chi connectivity index (χ3v) is 4.91. The zero-order chi connectivity index (χ0) is 17.2. The maximum Gasteiger partial charge on any atom is 0.242 e. The van der Waals surface area contributed by atoms with Crippen LogP contribution in [0.5, 0.6) is 0 Å². The summed E-state index contributed by atoms with van der Waals surface area (Å²) in [6.45, 7) is 13.1. The Bertz CT molecular complexity index is 702. The van der Waals surface area contributed by atoms with Crippen LogP contribution in [0, 0.1) is 6.92 Å². The van der Waals surface area contributed by atoms with Crippen molar-refractivity contribution in [2.45, 2.75) is 53.5 Å². The Labute approximate surface area is 142 Å². The van der Waals surface area contributed by atoms with Gasteiger partial charge in [-0.25, -0.2) is 9.97 Å². The number of aryl methyl sites for hydroxylation is 2. The molecule has 1 N–H and O–H groups in total. The minimum absolute atomic E-state index is 0.0790. The molecular weight excluding hydrogens is 308 g/mol. The number of likely N-dealkylation sites (N-methyl/N-ethyl adjacent to an activating group) is 1. The van der Waals surface area contributed by atoms with Crippen molar-refractivity contribution < 1.29 is 4.79 Å². The minimum atomic E-state index is -0.178. The van der Waals surface area contributed by atoms with E-state index in [1.807, 2.05) is 39.5 Å². The van der Waals surface area contributed by atoms with Gasteiger partial charge in [-0.15, -0.1) is 11.3 Å². The van der Waals surface area contributed by atoms with Crippen molar-refractivity contribution in [2.75, 3.05) is 18.4 Å². The van der Waals surface area contributed by atoms with Crippen LogP contribution in [-0.2, 0) is 11.2 Å². The van der Waals surface area contributed by atoms with E-state index in [1.165, 1.54) is 4.88 Å². The first-order chi connectivity index (χ1) is 10.8. The minimum Gasteiger partial charge on any atom is -0.360 e. The molecule has 2 aromatic heterocycles. The van der Waals surface area contributed by atoms with Crippen LogP contribution in [0.1, 0.15) is 45.3 Å². The SMILES string of the molecule is CCc1cc2c(NCC(=O)N(CC)C(C)(C)C)nc(C)nc2s1. The van der Waals surface area contributed by atoms with Crippen LogP contribution in [0.2, 0.25) is 0 Å². The van der Waals surface area contributed by atoms with Crippen molar-refractivity contribution in [3.63, 3.8) is 0 Å². The van der Waals surface area contributed by atoms with E-state index in [-0.39, 0.29) is 18.0 Å². The number of aromatic nitrogens is 2. The van der Waals surface area contributed by atoms with Gasteiger partial charge in [0.05, 0.1) is 11.9 Å². The molecule has 23 heavy (non-hydrogen) atoms. The lowest BCUT2D eigenvalue weighted by Gasteiger charge is -2.35. The molecule has 0 bridgehead atoms. The summed E-state index contributed by atoms with van der Waals surface area (Å²) in [7, 11) is 0. The van der Waals surface area contributed by atoms with Gasteiger partial charge in [0.2, 0.25) is 5.91 Å². The second-order valence-electron chi connectivity index (χ2n) is 6.57. The maximum atomic E-state index is 12.5. The molecule has 0 aliphatic rings. The lowest BCUT2D eigenvalue weighted by atomic mass is 10.1. The van der Waals surface area contributed by atoms with Gasteiger partial charge in [0, 0.05) is 17.0 Å². The third kappa shape index (κ3) is 3.99. The molecular formula is C17H26N4OS. The van der Waals surface area contributed by atoms with Gasteiger partial charge in [-0.05, 0) is 47.1 Å². The zero-order valence-corrected chi connectivity index (χ0v) is 15.7. The van der Waals surface area contributed by atoms with E-state index in [9.17, 15) is 4.79 Å². The second-order valence-corrected chi connectivity index (χ2v) is 7.68. The first-order valence-electron chi connectivity index (χ1n) is 8.07. The number of nitrogens with zero attached hydrogens (tertiary/aromatic N) is 3. The average Bonchev–Trinajstić information content (AvgIpc) is 2.86. The molecule has 5 nitrogen and oxygen atoms in total. The first kappa shape index (κ1) is 17.7. The smallest absolute Gasteiger partial charge is 0.242 e. The van der Waals surface area contributed by atoms with Crippen LogP contribution >= 0.6 is 11.3 Å².